The number of hydrogen-bond acceptors (Lipinski definition) is 3. The third kappa shape index (κ3) is 4.12. The van der Waals surface area contributed by atoms with E-state index in [1.165, 1.54) is 6.08 Å². The predicted molar refractivity (Wildman–Crippen MR) is 66.0 cm³/mol. The highest BCUT2D eigenvalue weighted by molar-refractivity contribution is 5.97. The average molecular weight is 229 g/mol. The van der Waals surface area contributed by atoms with Crippen LogP contribution in [-0.2, 0) is 9.53 Å². The predicted octanol–water partition coefficient (Wildman–Crippen LogP) is 2.85. The van der Waals surface area contributed by atoms with Gasteiger partial charge in [-0.25, -0.2) is 4.79 Å². The molecule has 17 heavy (non-hydrogen) atoms. The van der Waals surface area contributed by atoms with Crippen LogP contribution in [0.15, 0.2) is 29.8 Å². The van der Waals surface area contributed by atoms with Gasteiger partial charge in [0.05, 0.1) is 6.10 Å². The Morgan fingerprint density at radius 3 is 2.71 bits per heavy atom. The van der Waals surface area contributed by atoms with Gasteiger partial charge in [0.25, 0.3) is 0 Å². The van der Waals surface area contributed by atoms with Crippen LogP contribution in [0.2, 0.25) is 0 Å². The number of carbonyl (C=O) groups excluding carboxylic acids is 1. The van der Waals surface area contributed by atoms with Crippen LogP contribution in [0.1, 0.15) is 25.0 Å². The van der Waals surface area contributed by atoms with E-state index in [1.54, 1.807) is 13.8 Å². The number of rotatable bonds is 3. The SMILES string of the molecule is Cc1cccc(/C=C(/C#N)C(=O)OC(C)C)c1. The summed E-state index contributed by atoms with van der Waals surface area (Å²) in [5, 5.41) is 8.92. The van der Waals surface area contributed by atoms with Gasteiger partial charge in [-0.2, -0.15) is 5.26 Å². The van der Waals surface area contributed by atoms with Gasteiger partial charge in [-0.3, -0.25) is 0 Å². The molecule has 0 aliphatic carbocycles. The molecule has 0 N–H and O–H groups in total. The van der Waals surface area contributed by atoms with E-state index in [2.05, 4.69) is 0 Å². The molecule has 1 rings (SSSR count). The van der Waals surface area contributed by atoms with E-state index >= 15 is 0 Å². The lowest BCUT2D eigenvalue weighted by atomic mass is 10.1. The van der Waals surface area contributed by atoms with Gasteiger partial charge >= 0.3 is 5.97 Å². The Kier molecular flexibility index (Phi) is 4.47. The smallest absolute Gasteiger partial charge is 0.349 e. The number of carbonyl (C=O) groups is 1. The third-order valence-electron chi connectivity index (χ3n) is 2.04. The number of hydrogen-bond donors (Lipinski definition) is 0. The molecule has 0 unspecified atom stereocenters. The molecule has 0 radical (unpaired) electrons. The van der Waals surface area contributed by atoms with Gasteiger partial charge in [-0.1, -0.05) is 29.8 Å². The summed E-state index contributed by atoms with van der Waals surface area (Å²) in [5.41, 5.74) is 1.92. The number of esters is 1. The highest BCUT2D eigenvalue weighted by atomic mass is 16.5. The Hall–Kier alpha value is -2.08. The van der Waals surface area contributed by atoms with Crippen molar-refractivity contribution in [1.29, 1.82) is 5.26 Å². The van der Waals surface area contributed by atoms with E-state index in [0.717, 1.165) is 11.1 Å². The summed E-state index contributed by atoms with van der Waals surface area (Å²) in [4.78, 5) is 11.6. The quantitative estimate of drug-likeness (QED) is 0.455. The number of ether oxygens (including phenoxy) is 1. The molecule has 0 saturated carbocycles. The van der Waals surface area contributed by atoms with Crippen molar-refractivity contribution in [3.63, 3.8) is 0 Å². The van der Waals surface area contributed by atoms with Gasteiger partial charge < -0.3 is 4.74 Å². The number of aryl methyl sites for hydroxylation is 1. The average Bonchev–Trinajstić information content (AvgIpc) is 2.24. The van der Waals surface area contributed by atoms with Crippen LogP contribution in [0.3, 0.4) is 0 Å². The molecule has 3 heteroatoms. The van der Waals surface area contributed by atoms with Crippen molar-refractivity contribution in [1.82, 2.24) is 0 Å². The van der Waals surface area contributed by atoms with E-state index in [-0.39, 0.29) is 11.7 Å². The molecule has 0 fully saturated rings. The molecule has 0 atom stereocenters. The Balaban J connectivity index is 2.95. The first-order valence-electron chi connectivity index (χ1n) is 5.42. The molecule has 0 amide bonds. The van der Waals surface area contributed by atoms with Crippen molar-refractivity contribution in [2.45, 2.75) is 26.9 Å². The molecule has 3 nitrogen and oxygen atoms in total. The zero-order chi connectivity index (χ0) is 12.8. The highest BCUT2D eigenvalue weighted by Crippen LogP contribution is 2.10. The second-order valence-corrected chi connectivity index (χ2v) is 4.04. The molecule has 1 aromatic rings. The minimum atomic E-state index is -0.580. The molecule has 88 valence electrons. The lowest BCUT2D eigenvalue weighted by Crippen LogP contribution is -2.12. The minimum absolute atomic E-state index is 0.0179. The molecule has 0 bridgehead atoms. The van der Waals surface area contributed by atoms with Crippen LogP contribution in [0.5, 0.6) is 0 Å². The van der Waals surface area contributed by atoms with E-state index < -0.39 is 5.97 Å². The van der Waals surface area contributed by atoms with Gasteiger partial charge in [0.15, 0.2) is 0 Å². The molecule has 0 aliphatic rings. The first kappa shape index (κ1) is 13.0. The zero-order valence-electron chi connectivity index (χ0n) is 10.2. The summed E-state index contributed by atoms with van der Waals surface area (Å²) >= 11 is 0. The molecule has 0 heterocycles. The lowest BCUT2D eigenvalue weighted by molar-refractivity contribution is -0.142. The van der Waals surface area contributed by atoms with Gasteiger partial charge in [-0.05, 0) is 32.4 Å². The summed E-state index contributed by atoms with van der Waals surface area (Å²) in [6.45, 7) is 5.45. The fraction of sp³-hybridized carbons (Fsp3) is 0.286. The first-order chi connectivity index (χ1) is 8.02. The topological polar surface area (TPSA) is 50.1 Å². The van der Waals surface area contributed by atoms with Crippen molar-refractivity contribution in [2.75, 3.05) is 0 Å². The Bertz CT molecular complexity index is 481. The Morgan fingerprint density at radius 2 is 2.18 bits per heavy atom. The zero-order valence-corrected chi connectivity index (χ0v) is 10.2. The Morgan fingerprint density at radius 1 is 1.47 bits per heavy atom. The first-order valence-corrected chi connectivity index (χ1v) is 5.42. The highest BCUT2D eigenvalue weighted by Gasteiger charge is 2.12. The standard InChI is InChI=1S/C14H15NO2/c1-10(2)17-14(16)13(9-15)8-12-6-4-5-11(3)7-12/h4-8,10H,1-3H3/b13-8-. The second kappa shape index (κ2) is 5.86. The van der Waals surface area contributed by atoms with Crippen LogP contribution in [-0.4, -0.2) is 12.1 Å². The van der Waals surface area contributed by atoms with Crippen LogP contribution < -0.4 is 0 Å². The third-order valence-corrected chi connectivity index (χ3v) is 2.04. The van der Waals surface area contributed by atoms with E-state index in [4.69, 9.17) is 10.00 Å². The van der Waals surface area contributed by atoms with Crippen LogP contribution in [0, 0.1) is 18.3 Å². The van der Waals surface area contributed by atoms with Crippen molar-refractivity contribution < 1.29 is 9.53 Å². The van der Waals surface area contributed by atoms with Crippen molar-refractivity contribution >= 4 is 12.0 Å². The van der Waals surface area contributed by atoms with Crippen LogP contribution >= 0.6 is 0 Å². The van der Waals surface area contributed by atoms with E-state index in [1.807, 2.05) is 37.3 Å². The molecule has 0 aromatic heterocycles. The van der Waals surface area contributed by atoms with Crippen molar-refractivity contribution in [2.24, 2.45) is 0 Å². The number of benzene rings is 1. The van der Waals surface area contributed by atoms with Gasteiger partial charge in [0, 0.05) is 0 Å². The van der Waals surface area contributed by atoms with E-state index in [9.17, 15) is 4.79 Å². The summed E-state index contributed by atoms with van der Waals surface area (Å²) in [6, 6.07) is 9.44. The van der Waals surface area contributed by atoms with Crippen LogP contribution in [0.25, 0.3) is 6.08 Å². The van der Waals surface area contributed by atoms with Gasteiger partial charge in [-0.15, -0.1) is 0 Å². The monoisotopic (exact) mass is 229 g/mol. The van der Waals surface area contributed by atoms with Crippen molar-refractivity contribution in [3.05, 3.63) is 41.0 Å². The van der Waals surface area contributed by atoms with Gasteiger partial charge in [0.2, 0.25) is 0 Å². The number of nitrogens with zero attached hydrogens (tertiary/aromatic N) is 1. The largest absolute Gasteiger partial charge is 0.459 e. The maximum absolute atomic E-state index is 11.6. The molecule has 0 aliphatic heterocycles. The molecule has 0 spiro atoms. The van der Waals surface area contributed by atoms with Crippen LogP contribution in [0.4, 0.5) is 0 Å². The fourth-order valence-corrected chi connectivity index (χ4v) is 1.34. The molecule has 1 aromatic carbocycles. The van der Waals surface area contributed by atoms with Gasteiger partial charge in [0.1, 0.15) is 11.6 Å². The molecular weight excluding hydrogens is 214 g/mol. The summed E-state index contributed by atoms with van der Waals surface area (Å²) in [6.07, 6.45) is 1.31. The normalized spacial score (nSPS) is 11.1. The summed E-state index contributed by atoms with van der Waals surface area (Å²) in [7, 11) is 0. The molecular formula is C14H15NO2. The summed E-state index contributed by atoms with van der Waals surface area (Å²) in [5.74, 6) is -0.580. The second-order valence-electron chi connectivity index (χ2n) is 4.04. The summed E-state index contributed by atoms with van der Waals surface area (Å²) < 4.78 is 4.98. The fourth-order valence-electron chi connectivity index (χ4n) is 1.34. The maximum atomic E-state index is 11.6. The van der Waals surface area contributed by atoms with Crippen molar-refractivity contribution in [3.8, 4) is 6.07 Å². The van der Waals surface area contributed by atoms with E-state index in [0.29, 0.717) is 0 Å². The maximum Gasteiger partial charge on any atom is 0.349 e. The Labute approximate surface area is 101 Å². The minimum Gasteiger partial charge on any atom is -0.459 e. The number of nitriles is 1. The lowest BCUT2D eigenvalue weighted by Gasteiger charge is -2.06. The molecule has 0 saturated heterocycles.